The van der Waals surface area contributed by atoms with Gasteiger partial charge in [-0.15, -0.1) is 0 Å². The molecule has 0 aliphatic rings. The Balaban J connectivity index is 2.76. The molecule has 2 N–H and O–H groups in total. The smallest absolute Gasteiger partial charge is 0.360 e. The van der Waals surface area contributed by atoms with E-state index in [9.17, 15) is 10.2 Å². The maximum Gasteiger partial charge on any atom is 0.360 e. The number of benzene rings is 2. The van der Waals surface area contributed by atoms with Gasteiger partial charge in [0, 0.05) is 26.7 Å². The minimum atomic E-state index is -2.51. The summed E-state index contributed by atoms with van der Waals surface area (Å²) in [6, 6.07) is 20.9. The van der Waals surface area contributed by atoms with Gasteiger partial charge in [0.25, 0.3) is 0 Å². The van der Waals surface area contributed by atoms with Crippen LogP contribution in [0.15, 0.2) is 83.5 Å². The molecular weight excluding hydrogens is 412 g/mol. The first-order valence-corrected chi connectivity index (χ1v) is 17.2. The van der Waals surface area contributed by atoms with Crippen LogP contribution in [0, 0.1) is 0 Å². The van der Waals surface area contributed by atoms with Crippen LogP contribution in [-0.2, 0) is 8.85 Å². The molecule has 0 bridgehead atoms. The van der Waals surface area contributed by atoms with Crippen molar-refractivity contribution in [2.24, 2.45) is 0 Å². The van der Waals surface area contributed by atoms with E-state index in [2.05, 4.69) is 71.3 Å². The van der Waals surface area contributed by atoms with Crippen molar-refractivity contribution in [2.75, 3.05) is 26.7 Å². The Morgan fingerprint density at radius 3 is 1.48 bits per heavy atom. The van der Waals surface area contributed by atoms with Gasteiger partial charge in [0.05, 0.1) is 0 Å². The molecule has 0 unspecified atom stereocenters. The lowest BCUT2D eigenvalue weighted by atomic mass is 10.4. The molecular formula is C22H32O4Si3. The van der Waals surface area contributed by atoms with Gasteiger partial charge in [-0.3, -0.25) is 0 Å². The Labute approximate surface area is 177 Å². The molecule has 156 valence electrons. The van der Waals surface area contributed by atoms with Crippen molar-refractivity contribution in [3.63, 3.8) is 0 Å². The highest BCUT2D eigenvalue weighted by Gasteiger charge is 2.36. The minimum absolute atomic E-state index is 0.0143. The quantitative estimate of drug-likeness (QED) is 0.551. The highest BCUT2D eigenvalue weighted by atomic mass is 28.4. The third-order valence-electron chi connectivity index (χ3n) is 5.43. The van der Waals surface area contributed by atoms with E-state index in [1.54, 1.807) is 14.2 Å². The minimum Gasteiger partial charge on any atom is -0.399 e. The highest BCUT2D eigenvalue weighted by molar-refractivity contribution is 7.10. The summed E-state index contributed by atoms with van der Waals surface area (Å²) >= 11 is 0. The maximum absolute atomic E-state index is 9.87. The summed E-state index contributed by atoms with van der Waals surface area (Å²) in [4.78, 5) is 0. The molecule has 0 aromatic heterocycles. The topological polar surface area (TPSA) is 58.9 Å². The first-order chi connectivity index (χ1) is 13.9. The van der Waals surface area contributed by atoms with E-state index in [1.165, 1.54) is 10.4 Å². The molecule has 0 atom stereocenters. The van der Waals surface area contributed by atoms with Crippen molar-refractivity contribution >= 4 is 35.1 Å². The monoisotopic (exact) mass is 444 g/mol. The molecule has 2 aromatic rings. The van der Waals surface area contributed by atoms with Gasteiger partial charge in [-0.05, 0) is 22.6 Å². The van der Waals surface area contributed by atoms with Crippen LogP contribution in [0.4, 0.5) is 0 Å². The molecule has 7 heteroatoms. The molecule has 0 fully saturated rings. The van der Waals surface area contributed by atoms with Crippen LogP contribution < -0.4 is 10.4 Å². The summed E-state index contributed by atoms with van der Waals surface area (Å²) in [5.41, 5.74) is 8.74. The number of rotatable bonds is 10. The van der Waals surface area contributed by atoms with Gasteiger partial charge >= 0.3 is 8.56 Å². The zero-order valence-corrected chi connectivity index (χ0v) is 20.7. The van der Waals surface area contributed by atoms with Gasteiger partial charge in [0.2, 0.25) is 0 Å². The predicted molar refractivity (Wildman–Crippen MR) is 128 cm³/mol. The Morgan fingerprint density at radius 2 is 1.10 bits per heavy atom. The van der Waals surface area contributed by atoms with Crippen LogP contribution >= 0.6 is 0 Å². The third kappa shape index (κ3) is 5.73. The van der Waals surface area contributed by atoms with Gasteiger partial charge in [0.15, 0.2) is 8.07 Å². The molecule has 0 aliphatic carbocycles. The molecule has 4 nitrogen and oxygen atoms in total. The zero-order chi connectivity index (χ0) is 21.4. The average Bonchev–Trinajstić information content (AvgIpc) is 2.80. The fourth-order valence-electron chi connectivity index (χ4n) is 3.03. The van der Waals surface area contributed by atoms with E-state index in [-0.39, 0.29) is 12.5 Å². The Kier molecular flexibility index (Phi) is 8.53. The first-order valence-electron chi connectivity index (χ1n) is 9.71. The lowest BCUT2D eigenvalue weighted by Crippen LogP contribution is -2.57. The second-order valence-electron chi connectivity index (χ2n) is 7.66. The number of aliphatic hydroxyl groups is 2. The average molecular weight is 445 g/mol. The van der Waals surface area contributed by atoms with Crippen molar-refractivity contribution < 1.29 is 19.1 Å². The van der Waals surface area contributed by atoms with E-state index in [4.69, 9.17) is 8.85 Å². The van der Waals surface area contributed by atoms with Crippen LogP contribution in [0.3, 0.4) is 0 Å². The second-order valence-corrected chi connectivity index (χ2v) is 18.7. The molecule has 0 spiro atoms. The molecule has 0 aliphatic heterocycles. The van der Waals surface area contributed by atoms with E-state index in [1.807, 2.05) is 25.2 Å². The lowest BCUT2D eigenvalue weighted by Gasteiger charge is -2.30. The van der Waals surface area contributed by atoms with Crippen molar-refractivity contribution in [3.8, 4) is 0 Å². The second kappa shape index (κ2) is 10.4. The molecule has 29 heavy (non-hydrogen) atoms. The molecule has 2 rings (SSSR count). The molecule has 0 amide bonds. The van der Waals surface area contributed by atoms with E-state index in [0.29, 0.717) is 0 Å². The summed E-state index contributed by atoms with van der Waals surface area (Å²) in [6.45, 7) is 4.01. The SMILES string of the molecule is CO[Si](C)(C=C[Si](C=C[Si](C)(CO)CO)(c1ccccc1)c1ccccc1)OC. The zero-order valence-electron chi connectivity index (χ0n) is 17.7. The highest BCUT2D eigenvalue weighted by Crippen LogP contribution is 2.16. The molecule has 2 aromatic carbocycles. The fraction of sp³-hybridized carbons (Fsp3) is 0.273. The Bertz CT molecular complexity index is 732. The summed E-state index contributed by atoms with van der Waals surface area (Å²) in [5.74, 6) is 0. The van der Waals surface area contributed by atoms with Crippen LogP contribution in [0.2, 0.25) is 13.1 Å². The van der Waals surface area contributed by atoms with Crippen molar-refractivity contribution in [1.29, 1.82) is 0 Å². The molecule has 0 saturated carbocycles. The summed E-state index contributed by atoms with van der Waals surface area (Å²) in [5, 5.41) is 22.2. The normalized spacial score (nSPS) is 13.4. The van der Waals surface area contributed by atoms with Crippen molar-refractivity contribution in [2.45, 2.75) is 13.1 Å². The van der Waals surface area contributed by atoms with Crippen molar-refractivity contribution in [3.05, 3.63) is 83.5 Å². The van der Waals surface area contributed by atoms with E-state index >= 15 is 0 Å². The first kappa shape index (κ1) is 23.7. The van der Waals surface area contributed by atoms with Crippen LogP contribution in [-0.4, -0.2) is 61.6 Å². The van der Waals surface area contributed by atoms with Gasteiger partial charge in [-0.25, -0.2) is 0 Å². The van der Waals surface area contributed by atoms with Gasteiger partial charge in [0.1, 0.15) is 8.07 Å². The van der Waals surface area contributed by atoms with Gasteiger partial charge < -0.3 is 19.1 Å². The molecule has 0 radical (unpaired) electrons. The fourth-order valence-corrected chi connectivity index (χ4v) is 11.4. The predicted octanol–water partition coefficient (Wildman–Crippen LogP) is 2.03. The van der Waals surface area contributed by atoms with E-state index < -0.39 is 24.7 Å². The van der Waals surface area contributed by atoms with Crippen LogP contribution in [0.25, 0.3) is 0 Å². The van der Waals surface area contributed by atoms with Crippen molar-refractivity contribution in [1.82, 2.24) is 0 Å². The summed E-state index contributed by atoms with van der Waals surface area (Å²) in [6.07, 6.45) is 0.0285. The number of hydrogen-bond donors (Lipinski definition) is 2. The van der Waals surface area contributed by atoms with Gasteiger partial charge in [-0.2, -0.15) is 0 Å². The Hall–Kier alpha value is -1.59. The van der Waals surface area contributed by atoms with Gasteiger partial charge in [-0.1, -0.05) is 84.3 Å². The van der Waals surface area contributed by atoms with Crippen LogP contribution in [0.5, 0.6) is 0 Å². The number of hydrogen-bond acceptors (Lipinski definition) is 4. The molecule has 0 saturated heterocycles. The molecule has 0 heterocycles. The summed E-state index contributed by atoms with van der Waals surface area (Å²) < 4.78 is 11.4. The standard InChI is InChI=1S/C22H32O4Si3/c1-25-28(4,26-2)16-18-29(21-11-7-5-8-12-21,22-13-9-6-10-14-22)17-15-27(3,19-23)20-24/h5-18,23-24H,19-20H2,1-4H3. The van der Waals surface area contributed by atoms with E-state index in [0.717, 1.165) is 0 Å². The third-order valence-corrected chi connectivity index (χ3v) is 14.9. The maximum atomic E-state index is 9.87. The number of aliphatic hydroxyl groups excluding tert-OH is 2. The van der Waals surface area contributed by atoms with Crippen LogP contribution in [0.1, 0.15) is 0 Å². The Morgan fingerprint density at radius 1 is 0.690 bits per heavy atom. The summed E-state index contributed by atoms with van der Waals surface area (Å²) in [7, 11) is -3.85. The lowest BCUT2D eigenvalue weighted by molar-refractivity contribution is 0.264. The largest absolute Gasteiger partial charge is 0.399 e.